The minimum Gasteiger partial charge on any atom is -0.492 e. The molecule has 47 heavy (non-hydrogen) atoms. The zero-order valence-electron chi connectivity index (χ0n) is 25.5. The highest BCUT2D eigenvalue weighted by Gasteiger charge is 2.24. The molecule has 0 heterocycles. The molecule has 5 aromatic carbocycles. The van der Waals surface area contributed by atoms with Crippen LogP contribution in [-0.2, 0) is 9.59 Å². The molecule has 0 bridgehead atoms. The number of ether oxygens (including phenoxy) is 1. The Balaban J connectivity index is 1.37. The number of para-hydroxylation sites is 2. The summed E-state index contributed by atoms with van der Waals surface area (Å²) in [6.07, 6.45) is 1.48. The fraction of sp³-hybridized carbons (Fsp3) is 0.0789. The third kappa shape index (κ3) is 9.18. The van der Waals surface area contributed by atoms with Crippen molar-refractivity contribution in [3.63, 3.8) is 0 Å². The first-order chi connectivity index (χ1) is 22.9. The van der Waals surface area contributed by atoms with Crippen LogP contribution in [0.1, 0.15) is 33.7 Å². The molecule has 5 aromatic rings. The minimum atomic E-state index is -0.629. The molecule has 0 radical (unpaired) electrons. The number of amides is 3. The van der Waals surface area contributed by atoms with E-state index in [1.54, 1.807) is 60.7 Å². The topological polar surface area (TPSA) is 96.5 Å². The fourth-order valence-electron chi connectivity index (χ4n) is 4.60. The highest BCUT2D eigenvalue weighted by atomic mass is 32.2. The second-order valence-corrected chi connectivity index (χ2v) is 11.4. The van der Waals surface area contributed by atoms with E-state index in [1.165, 1.54) is 42.1 Å². The molecule has 5 rings (SSSR count). The van der Waals surface area contributed by atoms with Gasteiger partial charge in [0.15, 0.2) is 0 Å². The van der Waals surface area contributed by atoms with E-state index in [4.69, 9.17) is 4.74 Å². The molecule has 9 heteroatoms. The summed E-state index contributed by atoms with van der Waals surface area (Å²) in [6, 6.07) is 37.9. The van der Waals surface area contributed by atoms with Crippen molar-refractivity contribution in [2.45, 2.75) is 17.1 Å². The monoisotopic (exact) mass is 645 g/mol. The Morgan fingerprint density at radius 1 is 0.787 bits per heavy atom. The first kappa shape index (κ1) is 32.7. The molecule has 0 aromatic heterocycles. The highest BCUT2D eigenvalue weighted by molar-refractivity contribution is 8.00. The molecule has 0 aliphatic rings. The summed E-state index contributed by atoms with van der Waals surface area (Å²) >= 11 is 1.33. The van der Waals surface area contributed by atoms with Gasteiger partial charge in [0.1, 0.15) is 22.5 Å². The second kappa shape index (κ2) is 16.1. The summed E-state index contributed by atoms with van der Waals surface area (Å²) in [7, 11) is 0. The van der Waals surface area contributed by atoms with Crippen molar-refractivity contribution in [2.24, 2.45) is 0 Å². The van der Waals surface area contributed by atoms with Crippen molar-refractivity contribution in [3.05, 3.63) is 162 Å². The minimum absolute atomic E-state index is 0.0296. The Morgan fingerprint density at radius 3 is 2.19 bits per heavy atom. The van der Waals surface area contributed by atoms with E-state index in [2.05, 4.69) is 16.0 Å². The van der Waals surface area contributed by atoms with Crippen LogP contribution in [0.3, 0.4) is 0 Å². The molecule has 0 fully saturated rings. The Hall–Kier alpha value is -5.67. The average molecular weight is 646 g/mol. The molecule has 0 saturated heterocycles. The largest absolute Gasteiger partial charge is 0.492 e. The van der Waals surface area contributed by atoms with Crippen LogP contribution >= 0.6 is 11.8 Å². The maximum Gasteiger partial charge on any atom is 0.272 e. The molecule has 7 nitrogen and oxygen atoms in total. The molecular formula is C38H32FN3O4S. The summed E-state index contributed by atoms with van der Waals surface area (Å²) in [4.78, 5) is 41.0. The van der Waals surface area contributed by atoms with Gasteiger partial charge >= 0.3 is 0 Å². The van der Waals surface area contributed by atoms with Crippen molar-refractivity contribution in [1.29, 1.82) is 0 Å². The lowest BCUT2D eigenvalue weighted by atomic mass is 10.1. The van der Waals surface area contributed by atoms with E-state index in [1.807, 2.05) is 55.5 Å². The molecule has 0 aliphatic heterocycles. The maximum atomic E-state index is 13.7. The Bertz CT molecular complexity index is 1870. The fourth-order valence-corrected chi connectivity index (χ4v) is 5.68. The van der Waals surface area contributed by atoms with Gasteiger partial charge in [0.2, 0.25) is 5.91 Å². The second-order valence-electron chi connectivity index (χ2n) is 10.2. The SMILES string of the molecule is CCOc1ccccc1NC(=O)C(Sc1cccc(NC(=O)/C(=C\c2ccc(F)cc2)NC(=O)c2ccccc2)c1)c1ccccc1. The molecule has 3 amide bonds. The highest BCUT2D eigenvalue weighted by Crippen LogP contribution is 2.38. The smallest absolute Gasteiger partial charge is 0.272 e. The first-order valence-electron chi connectivity index (χ1n) is 14.9. The van der Waals surface area contributed by atoms with Crippen molar-refractivity contribution < 1.29 is 23.5 Å². The molecule has 236 valence electrons. The van der Waals surface area contributed by atoms with E-state index in [-0.39, 0.29) is 11.6 Å². The molecular weight excluding hydrogens is 614 g/mol. The van der Waals surface area contributed by atoms with Gasteiger partial charge in [0.25, 0.3) is 11.8 Å². The van der Waals surface area contributed by atoms with Crippen molar-refractivity contribution >= 4 is 46.9 Å². The Morgan fingerprint density at radius 2 is 1.47 bits per heavy atom. The number of nitrogens with one attached hydrogen (secondary N) is 3. The van der Waals surface area contributed by atoms with E-state index in [0.29, 0.717) is 34.9 Å². The van der Waals surface area contributed by atoms with E-state index in [9.17, 15) is 18.8 Å². The number of carbonyl (C=O) groups excluding carboxylic acids is 3. The number of halogens is 1. The van der Waals surface area contributed by atoms with Gasteiger partial charge in [-0.05, 0) is 78.7 Å². The van der Waals surface area contributed by atoms with Crippen LogP contribution in [0.25, 0.3) is 6.08 Å². The molecule has 1 atom stereocenters. The summed E-state index contributed by atoms with van der Waals surface area (Å²) in [5.41, 5.74) is 2.69. The predicted octanol–water partition coefficient (Wildman–Crippen LogP) is 8.11. The zero-order valence-corrected chi connectivity index (χ0v) is 26.3. The normalized spacial score (nSPS) is 11.7. The van der Waals surface area contributed by atoms with Crippen LogP contribution < -0.4 is 20.7 Å². The lowest BCUT2D eigenvalue weighted by Gasteiger charge is -2.19. The summed E-state index contributed by atoms with van der Waals surface area (Å²) < 4.78 is 19.2. The number of thioether (sulfide) groups is 1. The van der Waals surface area contributed by atoms with Gasteiger partial charge in [-0.1, -0.05) is 78.9 Å². The van der Waals surface area contributed by atoms with Crippen LogP contribution in [0.2, 0.25) is 0 Å². The van der Waals surface area contributed by atoms with Gasteiger partial charge in [-0.25, -0.2) is 4.39 Å². The van der Waals surface area contributed by atoms with Gasteiger partial charge in [-0.2, -0.15) is 0 Å². The number of benzene rings is 5. The Kier molecular flexibility index (Phi) is 11.2. The summed E-state index contributed by atoms with van der Waals surface area (Å²) in [5, 5.41) is 7.91. The van der Waals surface area contributed by atoms with Crippen molar-refractivity contribution in [3.8, 4) is 5.75 Å². The third-order valence-electron chi connectivity index (χ3n) is 6.84. The lowest BCUT2D eigenvalue weighted by Crippen LogP contribution is -2.30. The van der Waals surface area contributed by atoms with Crippen LogP contribution in [0, 0.1) is 5.82 Å². The van der Waals surface area contributed by atoms with Gasteiger partial charge in [0, 0.05) is 16.1 Å². The summed E-state index contributed by atoms with van der Waals surface area (Å²) in [5.74, 6) is -1.13. The van der Waals surface area contributed by atoms with Crippen LogP contribution in [-0.4, -0.2) is 24.3 Å². The van der Waals surface area contributed by atoms with Gasteiger partial charge in [-0.15, -0.1) is 11.8 Å². The van der Waals surface area contributed by atoms with E-state index >= 15 is 0 Å². The number of carbonyl (C=O) groups is 3. The molecule has 0 saturated carbocycles. The average Bonchev–Trinajstić information content (AvgIpc) is 3.09. The van der Waals surface area contributed by atoms with E-state index in [0.717, 1.165) is 10.5 Å². The third-order valence-corrected chi connectivity index (χ3v) is 8.09. The van der Waals surface area contributed by atoms with Gasteiger partial charge in [-0.3, -0.25) is 14.4 Å². The summed E-state index contributed by atoms with van der Waals surface area (Å²) in [6.45, 7) is 2.34. The lowest BCUT2D eigenvalue weighted by molar-refractivity contribution is -0.116. The van der Waals surface area contributed by atoms with Crippen molar-refractivity contribution in [2.75, 3.05) is 17.2 Å². The Labute approximate surface area is 276 Å². The van der Waals surface area contributed by atoms with Gasteiger partial charge < -0.3 is 20.7 Å². The van der Waals surface area contributed by atoms with E-state index < -0.39 is 22.9 Å². The molecule has 1 unspecified atom stereocenters. The molecule has 3 N–H and O–H groups in total. The number of rotatable bonds is 12. The molecule has 0 aliphatic carbocycles. The number of hydrogen-bond acceptors (Lipinski definition) is 5. The quantitative estimate of drug-likeness (QED) is 0.0941. The number of anilines is 2. The predicted molar refractivity (Wildman–Crippen MR) is 185 cm³/mol. The van der Waals surface area contributed by atoms with Crippen LogP contribution in [0.4, 0.5) is 15.8 Å². The van der Waals surface area contributed by atoms with Crippen molar-refractivity contribution in [1.82, 2.24) is 5.32 Å². The first-order valence-corrected chi connectivity index (χ1v) is 15.8. The standard InChI is InChI=1S/C38H32FN3O4S/c1-2-46-34-19-10-9-18-32(34)41-38(45)35(27-12-5-3-6-13-27)47-31-17-11-16-30(25-31)40-37(44)33(24-26-20-22-29(39)23-21-26)42-36(43)28-14-7-4-8-15-28/h3-25,35H,2H2,1H3,(H,40,44)(H,41,45)(H,42,43)/b33-24+. The number of hydrogen-bond donors (Lipinski definition) is 3. The van der Waals surface area contributed by atoms with Gasteiger partial charge in [0.05, 0.1) is 12.3 Å². The van der Waals surface area contributed by atoms with Crippen LogP contribution in [0.15, 0.2) is 144 Å². The zero-order chi connectivity index (χ0) is 33.0. The van der Waals surface area contributed by atoms with Crippen LogP contribution in [0.5, 0.6) is 5.75 Å². The molecule has 0 spiro atoms. The maximum absolute atomic E-state index is 13.7.